The minimum atomic E-state index is -0.789. The molecule has 2 heterocycles. The number of imide groups is 1. The molecule has 134 valence electrons. The van der Waals surface area contributed by atoms with Crippen molar-refractivity contribution in [3.05, 3.63) is 0 Å². The Hall–Kier alpha value is -1.63. The maximum absolute atomic E-state index is 12.9. The summed E-state index contributed by atoms with van der Waals surface area (Å²) in [6, 6.07) is -0.233. The highest BCUT2D eigenvalue weighted by Crippen LogP contribution is 2.38. The molecule has 0 aromatic heterocycles. The van der Waals surface area contributed by atoms with Gasteiger partial charge in [-0.15, -0.1) is 0 Å². The predicted molar refractivity (Wildman–Crippen MR) is 89.3 cm³/mol. The Morgan fingerprint density at radius 2 is 1.96 bits per heavy atom. The van der Waals surface area contributed by atoms with Crippen molar-refractivity contribution in [2.45, 2.75) is 57.0 Å². The number of nitrogens with zero attached hydrogens (tertiary/aromatic N) is 2. The fourth-order valence-electron chi connectivity index (χ4n) is 4.28. The van der Waals surface area contributed by atoms with Gasteiger partial charge in [0.2, 0.25) is 5.91 Å². The van der Waals surface area contributed by atoms with Gasteiger partial charge >= 0.3 is 6.03 Å². The van der Waals surface area contributed by atoms with Gasteiger partial charge in [-0.25, -0.2) is 4.79 Å². The Kier molecular flexibility index (Phi) is 4.80. The lowest BCUT2D eigenvalue weighted by Gasteiger charge is -2.37. The van der Waals surface area contributed by atoms with Gasteiger partial charge < -0.3 is 15.5 Å². The lowest BCUT2D eigenvalue weighted by atomic mass is 9.73. The molecule has 0 aromatic rings. The third kappa shape index (κ3) is 2.90. The molecule has 1 aliphatic carbocycles. The molecule has 1 spiro atoms. The largest absolute Gasteiger partial charge is 0.341 e. The predicted octanol–water partition coefficient (Wildman–Crippen LogP) is 0.698. The summed E-state index contributed by atoms with van der Waals surface area (Å²) in [5.74, 6) is -0.261. The molecule has 0 bridgehead atoms. The van der Waals surface area contributed by atoms with Crippen molar-refractivity contribution in [2.75, 3.05) is 26.7 Å². The van der Waals surface area contributed by atoms with E-state index in [4.69, 9.17) is 0 Å². The van der Waals surface area contributed by atoms with Crippen molar-refractivity contribution >= 4 is 17.8 Å². The highest BCUT2D eigenvalue weighted by Gasteiger charge is 2.55. The third-order valence-corrected chi connectivity index (χ3v) is 6.04. The summed E-state index contributed by atoms with van der Waals surface area (Å²) in [7, 11) is 1.77. The van der Waals surface area contributed by atoms with Gasteiger partial charge in [0.25, 0.3) is 5.91 Å². The van der Waals surface area contributed by atoms with Gasteiger partial charge in [-0.2, -0.15) is 0 Å². The van der Waals surface area contributed by atoms with Crippen LogP contribution in [0.3, 0.4) is 0 Å². The topological polar surface area (TPSA) is 81.8 Å². The fourth-order valence-corrected chi connectivity index (χ4v) is 4.28. The van der Waals surface area contributed by atoms with E-state index in [2.05, 4.69) is 10.6 Å². The van der Waals surface area contributed by atoms with Crippen LogP contribution < -0.4 is 10.6 Å². The quantitative estimate of drug-likeness (QED) is 0.743. The zero-order chi connectivity index (χ0) is 17.3. The van der Waals surface area contributed by atoms with Crippen LogP contribution in [-0.2, 0) is 9.59 Å². The Morgan fingerprint density at radius 1 is 1.25 bits per heavy atom. The molecule has 3 aliphatic rings. The number of piperidine rings is 1. The van der Waals surface area contributed by atoms with E-state index in [0.29, 0.717) is 6.42 Å². The van der Waals surface area contributed by atoms with Crippen LogP contribution in [0, 0.1) is 5.92 Å². The van der Waals surface area contributed by atoms with Crippen LogP contribution in [0.25, 0.3) is 0 Å². The lowest BCUT2D eigenvalue weighted by molar-refractivity contribution is -0.141. The van der Waals surface area contributed by atoms with Crippen molar-refractivity contribution in [2.24, 2.45) is 5.92 Å². The molecule has 24 heavy (non-hydrogen) atoms. The van der Waals surface area contributed by atoms with Crippen molar-refractivity contribution in [1.82, 2.24) is 20.4 Å². The lowest BCUT2D eigenvalue weighted by Crippen LogP contribution is -2.54. The molecule has 4 amide bonds. The second-order valence-electron chi connectivity index (χ2n) is 7.43. The molecule has 7 heteroatoms. The number of hydrogen-bond donors (Lipinski definition) is 2. The molecule has 1 saturated carbocycles. The number of carbonyl (C=O) groups excluding carboxylic acids is 3. The second-order valence-corrected chi connectivity index (χ2v) is 7.43. The SMILES string of the molecule is CC1CCCCC12NC(=O)N(CC(=O)N(C)C1CCNCC1)C2=O. The summed E-state index contributed by atoms with van der Waals surface area (Å²) in [4.78, 5) is 40.7. The Balaban J connectivity index is 1.67. The first kappa shape index (κ1) is 17.2. The Labute approximate surface area is 143 Å². The molecule has 2 aliphatic heterocycles. The summed E-state index contributed by atoms with van der Waals surface area (Å²) in [5.41, 5.74) is -0.789. The van der Waals surface area contributed by atoms with Gasteiger partial charge in [0.1, 0.15) is 12.1 Å². The number of nitrogens with one attached hydrogen (secondary N) is 2. The molecule has 3 rings (SSSR count). The van der Waals surface area contributed by atoms with Crippen LogP contribution in [0.1, 0.15) is 45.4 Å². The van der Waals surface area contributed by atoms with Gasteiger partial charge in [0.15, 0.2) is 0 Å². The molecule has 7 nitrogen and oxygen atoms in total. The Bertz CT molecular complexity index is 532. The summed E-state index contributed by atoms with van der Waals surface area (Å²) in [6.45, 7) is 3.65. The first-order chi connectivity index (χ1) is 11.5. The zero-order valence-corrected chi connectivity index (χ0v) is 14.6. The number of carbonyl (C=O) groups is 3. The average molecular weight is 336 g/mol. The van der Waals surface area contributed by atoms with Crippen LogP contribution in [0.4, 0.5) is 4.79 Å². The summed E-state index contributed by atoms with van der Waals surface area (Å²) < 4.78 is 0. The summed E-state index contributed by atoms with van der Waals surface area (Å²) in [6.07, 6.45) is 5.44. The number of urea groups is 1. The van der Waals surface area contributed by atoms with Crippen molar-refractivity contribution in [3.63, 3.8) is 0 Å². The van der Waals surface area contributed by atoms with Gasteiger partial charge in [0.05, 0.1) is 0 Å². The highest BCUT2D eigenvalue weighted by atomic mass is 16.2. The first-order valence-electron chi connectivity index (χ1n) is 9.06. The molecule has 2 atom stereocenters. The maximum atomic E-state index is 12.9. The molecule has 2 saturated heterocycles. The van der Waals surface area contributed by atoms with Gasteiger partial charge in [0, 0.05) is 13.1 Å². The van der Waals surface area contributed by atoms with Crippen LogP contribution in [0.5, 0.6) is 0 Å². The minimum Gasteiger partial charge on any atom is -0.341 e. The summed E-state index contributed by atoms with van der Waals surface area (Å²) in [5, 5.41) is 6.17. The Morgan fingerprint density at radius 3 is 2.62 bits per heavy atom. The second kappa shape index (κ2) is 6.70. The first-order valence-corrected chi connectivity index (χ1v) is 9.06. The van der Waals surface area contributed by atoms with Crippen molar-refractivity contribution in [3.8, 4) is 0 Å². The zero-order valence-electron chi connectivity index (χ0n) is 14.6. The molecule has 2 N–H and O–H groups in total. The maximum Gasteiger partial charge on any atom is 0.325 e. The van der Waals surface area contributed by atoms with Crippen molar-refractivity contribution in [1.29, 1.82) is 0 Å². The minimum absolute atomic E-state index is 0.116. The van der Waals surface area contributed by atoms with E-state index in [1.54, 1.807) is 11.9 Å². The van der Waals surface area contributed by atoms with E-state index in [1.807, 2.05) is 6.92 Å². The van der Waals surface area contributed by atoms with E-state index in [1.165, 1.54) is 0 Å². The van der Waals surface area contributed by atoms with E-state index in [-0.39, 0.29) is 30.3 Å². The highest BCUT2D eigenvalue weighted by molar-refractivity contribution is 6.09. The fraction of sp³-hybridized carbons (Fsp3) is 0.824. The molecular formula is C17H28N4O3. The van der Waals surface area contributed by atoms with E-state index in [9.17, 15) is 14.4 Å². The molecule has 0 aromatic carbocycles. The van der Waals surface area contributed by atoms with Crippen LogP contribution >= 0.6 is 0 Å². The number of hydrogen-bond acceptors (Lipinski definition) is 4. The smallest absolute Gasteiger partial charge is 0.325 e. The third-order valence-electron chi connectivity index (χ3n) is 6.04. The van der Waals surface area contributed by atoms with E-state index < -0.39 is 11.6 Å². The van der Waals surface area contributed by atoms with Crippen LogP contribution in [-0.4, -0.2) is 65.9 Å². The summed E-state index contributed by atoms with van der Waals surface area (Å²) >= 11 is 0. The average Bonchev–Trinajstić information content (AvgIpc) is 2.82. The van der Waals surface area contributed by atoms with Gasteiger partial charge in [-0.1, -0.05) is 19.8 Å². The number of amides is 4. The number of likely N-dealkylation sites (N-methyl/N-ethyl adjacent to an activating group) is 1. The van der Waals surface area contributed by atoms with Gasteiger partial charge in [-0.3, -0.25) is 14.5 Å². The van der Waals surface area contributed by atoms with E-state index in [0.717, 1.165) is 50.1 Å². The standard InChI is InChI=1S/C17H28N4O3/c1-12-5-3-4-8-17(12)15(23)21(16(24)19-17)11-14(22)20(2)13-6-9-18-10-7-13/h12-13,18H,3-11H2,1-2H3,(H,19,24). The molecule has 0 radical (unpaired) electrons. The monoisotopic (exact) mass is 336 g/mol. The van der Waals surface area contributed by atoms with E-state index >= 15 is 0 Å². The van der Waals surface area contributed by atoms with Gasteiger partial charge in [-0.05, 0) is 44.7 Å². The van der Waals surface area contributed by atoms with Crippen molar-refractivity contribution < 1.29 is 14.4 Å². The normalized spacial score (nSPS) is 31.4. The molecule has 3 fully saturated rings. The molecular weight excluding hydrogens is 308 g/mol. The number of rotatable bonds is 3. The molecule has 2 unspecified atom stereocenters. The van der Waals surface area contributed by atoms with Crippen LogP contribution in [0.15, 0.2) is 0 Å². The van der Waals surface area contributed by atoms with Crippen LogP contribution in [0.2, 0.25) is 0 Å².